The number of carbonyl (C=O) groups excluding carboxylic acids is 2. The van der Waals surface area contributed by atoms with Gasteiger partial charge in [-0.2, -0.15) is 13.2 Å². The fraction of sp³-hybridized carbons (Fsp3) is 0.619. The van der Waals surface area contributed by atoms with Crippen LogP contribution in [0, 0.1) is 0 Å². The SMILES string of the molecule is O=C([O-])NC1CCN(C(=O)C(c2cccc(C(F)(F)F)c2)C2(O)CCCCC2)CC1. The molecule has 3 rings (SSSR count). The van der Waals surface area contributed by atoms with Crippen molar-refractivity contribution in [2.45, 2.75) is 68.7 Å². The molecule has 1 saturated heterocycles. The second kappa shape index (κ2) is 8.83. The highest BCUT2D eigenvalue weighted by Crippen LogP contribution is 2.42. The highest BCUT2D eigenvalue weighted by atomic mass is 19.4. The molecule has 1 aliphatic heterocycles. The van der Waals surface area contributed by atoms with Crippen LogP contribution in [-0.4, -0.2) is 46.7 Å². The fourth-order valence-corrected chi connectivity index (χ4v) is 4.62. The van der Waals surface area contributed by atoms with E-state index in [4.69, 9.17) is 0 Å². The molecular weight excluding hydrogens is 401 g/mol. The van der Waals surface area contributed by atoms with E-state index in [0.717, 1.165) is 18.6 Å². The van der Waals surface area contributed by atoms with E-state index in [1.807, 2.05) is 0 Å². The Hall–Kier alpha value is -2.29. The van der Waals surface area contributed by atoms with Crippen LogP contribution in [0.2, 0.25) is 0 Å². The summed E-state index contributed by atoms with van der Waals surface area (Å²) in [7, 11) is 0. The standard InChI is InChI=1S/C21H27F3N2O4/c22-21(23,24)15-6-4-5-14(13-15)17(20(30)9-2-1-3-10-20)18(27)26-11-7-16(8-12-26)25-19(28)29/h4-6,13,16-17,25,30H,1-3,7-12H2,(H,28,29)/p-1. The Morgan fingerprint density at radius 3 is 2.37 bits per heavy atom. The maximum Gasteiger partial charge on any atom is 0.416 e. The third-order valence-electron chi connectivity index (χ3n) is 6.18. The maximum absolute atomic E-state index is 13.4. The van der Waals surface area contributed by atoms with Gasteiger partial charge < -0.3 is 25.2 Å². The molecule has 1 atom stereocenters. The number of carboxylic acid groups (broad SMARTS) is 1. The minimum Gasteiger partial charge on any atom is -0.530 e. The predicted molar refractivity (Wildman–Crippen MR) is 100 cm³/mol. The number of halogens is 3. The smallest absolute Gasteiger partial charge is 0.416 e. The predicted octanol–water partition coefficient (Wildman–Crippen LogP) is 2.41. The number of hydrogen-bond donors (Lipinski definition) is 2. The van der Waals surface area contributed by atoms with Crippen molar-refractivity contribution in [3.8, 4) is 0 Å². The number of piperidine rings is 1. The Bertz CT molecular complexity index is 770. The first-order valence-electron chi connectivity index (χ1n) is 10.3. The van der Waals surface area contributed by atoms with Crippen molar-refractivity contribution in [3.63, 3.8) is 0 Å². The van der Waals surface area contributed by atoms with Gasteiger partial charge in [0.25, 0.3) is 0 Å². The first-order valence-corrected chi connectivity index (χ1v) is 10.3. The lowest BCUT2D eigenvalue weighted by molar-refractivity contribution is -0.251. The summed E-state index contributed by atoms with van der Waals surface area (Å²) in [5.41, 5.74) is -2.09. The quantitative estimate of drug-likeness (QED) is 0.772. The molecule has 1 aromatic rings. The number of likely N-dealkylation sites (tertiary alicyclic amines) is 1. The van der Waals surface area contributed by atoms with Crippen LogP contribution in [0.4, 0.5) is 18.0 Å². The molecule has 9 heteroatoms. The Morgan fingerprint density at radius 2 is 1.80 bits per heavy atom. The summed E-state index contributed by atoms with van der Waals surface area (Å²) in [6.45, 7) is 0.518. The number of hydrogen-bond acceptors (Lipinski definition) is 4. The van der Waals surface area contributed by atoms with Gasteiger partial charge in [-0.15, -0.1) is 0 Å². The number of nitrogens with one attached hydrogen (secondary N) is 1. The maximum atomic E-state index is 13.4. The molecular formula is C21H26F3N2O4-. The molecule has 0 spiro atoms. The second-order valence-electron chi connectivity index (χ2n) is 8.25. The molecule has 1 aliphatic carbocycles. The van der Waals surface area contributed by atoms with Gasteiger partial charge in [0.1, 0.15) is 6.09 Å². The number of nitrogens with zero attached hydrogens (tertiary/aromatic N) is 1. The topological polar surface area (TPSA) is 92.7 Å². The van der Waals surface area contributed by atoms with E-state index in [2.05, 4.69) is 5.32 Å². The normalized spacial score (nSPS) is 21.1. The third kappa shape index (κ3) is 5.06. The van der Waals surface area contributed by atoms with Crippen LogP contribution in [0.3, 0.4) is 0 Å². The monoisotopic (exact) mass is 427 g/mol. The number of aliphatic hydroxyl groups is 1. The zero-order valence-corrected chi connectivity index (χ0v) is 16.6. The molecule has 2 aliphatic rings. The van der Waals surface area contributed by atoms with E-state index < -0.39 is 35.3 Å². The molecule has 0 radical (unpaired) electrons. The minimum absolute atomic E-state index is 0.161. The summed E-state index contributed by atoms with van der Waals surface area (Å²) in [6, 6.07) is 4.31. The zero-order chi connectivity index (χ0) is 21.9. The van der Waals surface area contributed by atoms with Gasteiger partial charge in [0.2, 0.25) is 5.91 Å². The van der Waals surface area contributed by atoms with Crippen molar-refractivity contribution in [2.24, 2.45) is 0 Å². The largest absolute Gasteiger partial charge is 0.530 e. The van der Waals surface area contributed by atoms with Crippen LogP contribution in [0.5, 0.6) is 0 Å². The van der Waals surface area contributed by atoms with Crippen LogP contribution in [0.15, 0.2) is 24.3 Å². The van der Waals surface area contributed by atoms with Crippen LogP contribution >= 0.6 is 0 Å². The molecule has 1 unspecified atom stereocenters. The van der Waals surface area contributed by atoms with Crippen molar-refractivity contribution >= 4 is 12.0 Å². The van der Waals surface area contributed by atoms with Gasteiger partial charge >= 0.3 is 6.18 Å². The summed E-state index contributed by atoms with van der Waals surface area (Å²) in [5, 5.41) is 24.3. The zero-order valence-electron chi connectivity index (χ0n) is 16.6. The van der Waals surface area contributed by atoms with Crippen LogP contribution in [-0.2, 0) is 11.0 Å². The number of amides is 2. The lowest BCUT2D eigenvalue weighted by Gasteiger charge is -2.42. The van der Waals surface area contributed by atoms with Gasteiger partial charge in [-0.05, 0) is 37.3 Å². The lowest BCUT2D eigenvalue weighted by atomic mass is 9.71. The first-order chi connectivity index (χ1) is 14.1. The average molecular weight is 427 g/mol. The van der Waals surface area contributed by atoms with E-state index in [0.29, 0.717) is 38.5 Å². The molecule has 30 heavy (non-hydrogen) atoms. The van der Waals surface area contributed by atoms with Crippen molar-refractivity contribution in [3.05, 3.63) is 35.4 Å². The highest BCUT2D eigenvalue weighted by Gasteiger charge is 2.45. The van der Waals surface area contributed by atoms with E-state index in [1.165, 1.54) is 17.0 Å². The van der Waals surface area contributed by atoms with E-state index >= 15 is 0 Å². The number of carbonyl (C=O) groups is 2. The van der Waals surface area contributed by atoms with E-state index in [-0.39, 0.29) is 24.7 Å². The highest BCUT2D eigenvalue weighted by molar-refractivity contribution is 5.85. The average Bonchev–Trinajstić information content (AvgIpc) is 2.68. The van der Waals surface area contributed by atoms with Gasteiger partial charge in [0, 0.05) is 19.1 Å². The van der Waals surface area contributed by atoms with Crippen molar-refractivity contribution in [1.82, 2.24) is 10.2 Å². The molecule has 6 nitrogen and oxygen atoms in total. The molecule has 0 aromatic heterocycles. The Labute approximate surface area is 173 Å². The third-order valence-corrected chi connectivity index (χ3v) is 6.18. The Morgan fingerprint density at radius 1 is 1.17 bits per heavy atom. The minimum atomic E-state index is -4.55. The van der Waals surface area contributed by atoms with Gasteiger partial charge in [0.05, 0.1) is 17.1 Å². The second-order valence-corrected chi connectivity index (χ2v) is 8.25. The molecule has 1 saturated carbocycles. The summed E-state index contributed by atoms with van der Waals surface area (Å²) >= 11 is 0. The Balaban J connectivity index is 1.87. The molecule has 166 valence electrons. The molecule has 2 amide bonds. The van der Waals surface area contributed by atoms with Crippen molar-refractivity contribution < 1.29 is 33.0 Å². The number of rotatable bonds is 4. The molecule has 0 bridgehead atoms. The van der Waals surface area contributed by atoms with Crippen LogP contribution in [0.25, 0.3) is 0 Å². The van der Waals surface area contributed by atoms with Gasteiger partial charge in [-0.3, -0.25) is 4.79 Å². The molecule has 1 aromatic carbocycles. The van der Waals surface area contributed by atoms with Gasteiger partial charge in [0.15, 0.2) is 0 Å². The summed E-state index contributed by atoms with van der Waals surface area (Å²) < 4.78 is 39.8. The van der Waals surface area contributed by atoms with E-state index in [9.17, 15) is 33.0 Å². The van der Waals surface area contributed by atoms with Crippen molar-refractivity contribution in [1.29, 1.82) is 0 Å². The van der Waals surface area contributed by atoms with Crippen LogP contribution in [0.1, 0.15) is 62.0 Å². The summed E-state index contributed by atoms with van der Waals surface area (Å²) in [6.07, 6.45) is -2.14. The first kappa shape index (κ1) is 22.4. The molecule has 2 fully saturated rings. The Kier molecular flexibility index (Phi) is 6.59. The number of alkyl halides is 3. The van der Waals surface area contributed by atoms with Gasteiger partial charge in [-0.1, -0.05) is 37.5 Å². The molecule has 2 N–H and O–H groups in total. The van der Waals surface area contributed by atoms with Crippen LogP contribution < -0.4 is 10.4 Å². The summed E-state index contributed by atoms with van der Waals surface area (Å²) in [4.78, 5) is 25.7. The van der Waals surface area contributed by atoms with Crippen molar-refractivity contribution in [2.75, 3.05) is 13.1 Å². The lowest BCUT2D eigenvalue weighted by Crippen LogP contribution is -2.53. The van der Waals surface area contributed by atoms with Gasteiger partial charge in [-0.25, -0.2) is 0 Å². The number of benzene rings is 1. The molecule has 1 heterocycles. The fourth-order valence-electron chi connectivity index (χ4n) is 4.62. The summed E-state index contributed by atoms with van der Waals surface area (Å²) in [5.74, 6) is -1.50. The van der Waals surface area contributed by atoms with E-state index in [1.54, 1.807) is 0 Å².